The minimum Gasteiger partial charge on any atom is -0.310 e. The van der Waals surface area contributed by atoms with E-state index in [0.717, 1.165) is 0 Å². The maximum absolute atomic E-state index is 10.3. The molecule has 0 atom stereocenters. The SMILES string of the molecule is [2H]c1c([2H])c([2H])c(-c2c([2H])c([2H])c(N(c3c([2H])c([2H])c(-c4c([2H])c([2H])c([2H])c([2H])c4[2H])c([2H])c3[2H])c3c([2H])c4c(sc5c([2H])c([2H])c([2H])c(-c6c([2H])c([2H])c([2H])c([2H])c6[2H])c54)c4c([2H])c([2H])c([2H])c([2H])c34)c([2H])c2[2H])c([2H])c1[2H]. The lowest BCUT2D eigenvalue weighted by atomic mass is 9.97. The number of anilines is 3. The lowest BCUT2D eigenvalue weighted by molar-refractivity contribution is 1.30. The molecule has 1 nitrogen and oxygen atoms in total. The van der Waals surface area contributed by atoms with Gasteiger partial charge in [-0.15, -0.1) is 11.3 Å². The molecule has 0 spiro atoms. The third kappa shape index (κ3) is 4.95. The third-order valence-electron chi connectivity index (χ3n) is 7.06. The molecule has 0 bridgehead atoms. The van der Waals surface area contributed by atoms with Crippen molar-refractivity contribution in [3.8, 4) is 33.4 Å². The molecule has 0 radical (unpaired) electrons. The number of hydrogen-bond acceptors (Lipinski definition) is 2. The molecule has 0 aliphatic carbocycles. The molecule has 0 saturated carbocycles. The number of hydrogen-bond donors (Lipinski definition) is 0. The van der Waals surface area contributed by atoms with Crippen LogP contribution in [0.3, 0.4) is 0 Å². The van der Waals surface area contributed by atoms with Crippen molar-refractivity contribution in [3.63, 3.8) is 0 Å². The van der Waals surface area contributed by atoms with Crippen LogP contribution >= 0.6 is 11.3 Å². The predicted octanol–water partition coefficient (Wildman–Crippen LogP) is 13.7. The van der Waals surface area contributed by atoms with E-state index >= 15 is 0 Å². The first-order valence-electron chi connectivity index (χ1n) is 29.3. The van der Waals surface area contributed by atoms with Crippen LogP contribution in [0.5, 0.6) is 0 Å². The van der Waals surface area contributed by atoms with Gasteiger partial charge in [-0.2, -0.15) is 0 Å². The zero-order valence-corrected chi connectivity index (χ0v) is 24.7. The molecule has 1 aromatic heterocycles. The van der Waals surface area contributed by atoms with Gasteiger partial charge in [-0.3, -0.25) is 0 Å². The van der Waals surface area contributed by atoms with Crippen molar-refractivity contribution in [2.45, 2.75) is 0 Å². The molecular formula is C46H31NS. The van der Waals surface area contributed by atoms with Crippen molar-refractivity contribution in [3.05, 3.63) is 187 Å². The first-order chi connectivity index (χ1) is 36.7. The predicted molar refractivity (Wildman–Crippen MR) is 208 cm³/mol. The highest BCUT2D eigenvalue weighted by Crippen LogP contribution is 2.48. The van der Waals surface area contributed by atoms with Gasteiger partial charge < -0.3 is 4.90 Å². The van der Waals surface area contributed by atoms with Crippen LogP contribution in [0.1, 0.15) is 42.5 Å². The molecular weight excluding hydrogens is 599 g/mol. The van der Waals surface area contributed by atoms with Crippen molar-refractivity contribution in [1.29, 1.82) is 0 Å². The molecule has 0 aliphatic rings. The van der Waals surface area contributed by atoms with Crippen LogP contribution < -0.4 is 4.90 Å². The summed E-state index contributed by atoms with van der Waals surface area (Å²) in [4.78, 5) is 0.402. The fraction of sp³-hybridized carbons (Fsp3) is 0. The number of fused-ring (bicyclic) bond motifs is 5. The van der Waals surface area contributed by atoms with Crippen LogP contribution in [-0.2, 0) is 0 Å². The van der Waals surface area contributed by atoms with Gasteiger partial charge in [0.25, 0.3) is 0 Å². The third-order valence-corrected chi connectivity index (χ3v) is 8.18. The van der Waals surface area contributed by atoms with Gasteiger partial charge in [-0.05, 0) is 69.6 Å². The van der Waals surface area contributed by atoms with E-state index in [1.165, 1.54) is 0 Å². The lowest BCUT2D eigenvalue weighted by Gasteiger charge is -2.28. The molecule has 9 aromatic rings. The van der Waals surface area contributed by atoms with Gasteiger partial charge in [0.2, 0.25) is 0 Å². The van der Waals surface area contributed by atoms with Crippen LogP contribution in [0.25, 0.3) is 64.3 Å². The van der Waals surface area contributed by atoms with Crippen LogP contribution in [0.4, 0.5) is 17.1 Å². The summed E-state index contributed by atoms with van der Waals surface area (Å²) in [6, 6.07) is -31.6. The van der Waals surface area contributed by atoms with Crippen LogP contribution in [0.2, 0.25) is 0 Å². The quantitative estimate of drug-likeness (QED) is 0.172. The maximum Gasteiger partial charge on any atom is 0.0652 e. The minimum atomic E-state index is -1.28. The highest BCUT2D eigenvalue weighted by molar-refractivity contribution is 7.26. The summed E-state index contributed by atoms with van der Waals surface area (Å²) in [6.07, 6.45) is 0. The Kier molecular flexibility index (Phi) is 2.70. The maximum atomic E-state index is 10.3. The van der Waals surface area contributed by atoms with Crippen LogP contribution in [-0.4, -0.2) is 0 Å². The van der Waals surface area contributed by atoms with Crippen molar-refractivity contribution in [1.82, 2.24) is 0 Å². The normalized spacial score (nSPS) is 20.4. The molecule has 226 valence electrons. The van der Waals surface area contributed by atoms with Crippen molar-refractivity contribution in [2.75, 3.05) is 4.90 Å². The highest BCUT2D eigenvalue weighted by atomic mass is 32.1. The summed E-state index contributed by atoms with van der Waals surface area (Å²) in [5, 5.41) is -2.48. The Morgan fingerprint density at radius 3 is 1.44 bits per heavy atom. The second-order valence-corrected chi connectivity index (χ2v) is 10.8. The van der Waals surface area contributed by atoms with Gasteiger partial charge in [0.15, 0.2) is 0 Å². The van der Waals surface area contributed by atoms with Gasteiger partial charge in [0.1, 0.15) is 0 Å². The molecule has 8 aromatic carbocycles. The zero-order valence-electron chi connectivity index (χ0n) is 54.9. The highest BCUT2D eigenvalue weighted by Gasteiger charge is 2.21. The summed E-state index contributed by atoms with van der Waals surface area (Å²) in [7, 11) is 0. The Hall–Kier alpha value is -5.96. The first-order valence-corrected chi connectivity index (χ1v) is 14.6. The Balaban J connectivity index is 1.60. The molecule has 0 aliphatic heterocycles. The Morgan fingerprint density at radius 2 is 0.875 bits per heavy atom. The average Bonchev–Trinajstić information content (AvgIpc) is 3.35. The Labute approximate surface area is 328 Å². The number of thiophene rings is 1. The summed E-state index contributed by atoms with van der Waals surface area (Å²) in [5.74, 6) is 0. The number of rotatable bonds is 6. The smallest absolute Gasteiger partial charge is 0.0652 e. The van der Waals surface area contributed by atoms with Crippen molar-refractivity contribution < 1.29 is 42.5 Å². The lowest BCUT2D eigenvalue weighted by Crippen LogP contribution is -2.10. The molecule has 0 N–H and O–H groups in total. The largest absolute Gasteiger partial charge is 0.310 e. The molecule has 0 saturated heterocycles. The van der Waals surface area contributed by atoms with E-state index in [4.69, 9.17) is 26.0 Å². The molecule has 0 fully saturated rings. The topological polar surface area (TPSA) is 3.24 Å². The molecule has 48 heavy (non-hydrogen) atoms. The monoisotopic (exact) mass is 660 g/mol. The van der Waals surface area contributed by atoms with E-state index in [2.05, 4.69) is 0 Å². The zero-order chi connectivity index (χ0) is 58.8. The minimum absolute atomic E-state index is 0.343. The summed E-state index contributed by atoms with van der Waals surface area (Å²) in [6.45, 7) is 0. The number of benzene rings is 8. The van der Waals surface area contributed by atoms with E-state index in [-0.39, 0.29) is 9.40 Å². The summed E-state index contributed by atoms with van der Waals surface area (Å²) >= 11 is 0.512. The molecule has 9 rings (SSSR count). The molecule has 0 unspecified atom stereocenters. The Bertz CT molecular complexity index is 4060. The summed E-state index contributed by atoms with van der Waals surface area (Å²) in [5.41, 5.74) is -8.25. The molecule has 0 amide bonds. The van der Waals surface area contributed by atoms with E-state index in [1.54, 1.807) is 0 Å². The fourth-order valence-corrected chi connectivity index (χ4v) is 6.13. The van der Waals surface area contributed by atoms with Crippen molar-refractivity contribution >= 4 is 59.3 Å². The first kappa shape index (κ1) is 10.8. The van der Waals surface area contributed by atoms with E-state index in [1.807, 2.05) is 0 Å². The van der Waals surface area contributed by atoms with Gasteiger partial charge in [0.05, 0.1) is 48.2 Å². The molecule has 2 heteroatoms. The van der Waals surface area contributed by atoms with E-state index in [9.17, 15) is 16.4 Å². The second kappa shape index (κ2) is 12.0. The van der Waals surface area contributed by atoms with Crippen LogP contribution in [0.15, 0.2) is 187 Å². The average molecular weight is 661 g/mol. The fourth-order valence-electron chi connectivity index (χ4n) is 5.01. The number of nitrogens with zero attached hydrogens (tertiary/aromatic N) is 1. The summed E-state index contributed by atoms with van der Waals surface area (Å²) < 4.78 is 277. The van der Waals surface area contributed by atoms with Crippen LogP contribution in [0, 0.1) is 0 Å². The standard InChI is InChI=1S/C46H31NS/c1-4-13-32(14-5-1)34-23-27-37(28-24-34)47(38-29-25-35(26-30-38)33-15-6-2-7-16-33)43-31-42-45-39(36-17-8-3-9-18-36)21-12-22-44(45)48-46(42)41-20-11-10-19-40(41)43/h1-31H/i1D,2D,3D,4D,5D,6D,7D,8D,9D,10D,11D,12D,13D,14D,15D,16D,17D,18D,19D,20D,21D,22D,23D,24D,25D,26D,27D,28D,29D,30D,31D. The van der Waals surface area contributed by atoms with E-state index < -0.39 is 259 Å². The Morgan fingerprint density at radius 1 is 0.396 bits per heavy atom. The van der Waals surface area contributed by atoms with Gasteiger partial charge in [0, 0.05) is 42.3 Å². The van der Waals surface area contributed by atoms with Crippen molar-refractivity contribution in [2.24, 2.45) is 0 Å². The van der Waals surface area contributed by atoms with Gasteiger partial charge >= 0.3 is 0 Å². The molecule has 1 heterocycles. The van der Waals surface area contributed by atoms with E-state index in [0.29, 0.717) is 16.2 Å². The van der Waals surface area contributed by atoms with Gasteiger partial charge in [-0.1, -0.05) is 151 Å². The second-order valence-electron chi connectivity index (χ2n) is 9.77. The van der Waals surface area contributed by atoms with Gasteiger partial charge in [-0.25, -0.2) is 0 Å².